The molecule has 0 rings (SSSR count). The predicted molar refractivity (Wildman–Crippen MR) is 21.4 cm³/mol. The number of rotatable bonds is 0. The first-order valence-electron chi connectivity index (χ1n) is 1.82. The van der Waals surface area contributed by atoms with Crippen molar-refractivity contribution < 1.29 is 53.1 Å². The van der Waals surface area contributed by atoms with Crippen molar-refractivity contribution in [1.82, 2.24) is 0 Å². The van der Waals surface area contributed by atoms with Crippen molar-refractivity contribution in [3.8, 4) is 0 Å². The molecule has 0 saturated carbocycles. The van der Waals surface area contributed by atoms with Crippen LogP contribution in [0.4, 0.5) is 0 Å². The largest absolute Gasteiger partial charge is 2.00 e. The van der Waals surface area contributed by atoms with Crippen LogP contribution in [0.5, 0.6) is 0 Å². The standard InChI is InChI=1S/2C2H4O2.Co.Ni/c2*1-2(3)4;;/h2*1H3,(H,3,4);;/q;;;+2/p-2. The number of hydrogen-bond acceptors (Lipinski definition) is 4. The average Bonchev–Trinajstić information content (AvgIpc) is 1.25. The molecule has 1 radical (unpaired) electrons. The van der Waals surface area contributed by atoms with Gasteiger partial charge in [-0.3, -0.25) is 0 Å². The van der Waals surface area contributed by atoms with Crippen LogP contribution >= 0.6 is 0 Å². The number of aliphatic carboxylic acids is 2. The fraction of sp³-hybridized carbons (Fsp3) is 0.500. The van der Waals surface area contributed by atoms with E-state index in [1.807, 2.05) is 0 Å². The van der Waals surface area contributed by atoms with Crippen molar-refractivity contribution in [2.45, 2.75) is 13.8 Å². The second-order valence-electron chi connectivity index (χ2n) is 0.983. The third kappa shape index (κ3) is 106000. The van der Waals surface area contributed by atoms with E-state index in [2.05, 4.69) is 0 Å². The second kappa shape index (κ2) is 16.0. The van der Waals surface area contributed by atoms with Gasteiger partial charge in [0.15, 0.2) is 0 Å². The zero-order chi connectivity index (χ0) is 7.15. The summed E-state index contributed by atoms with van der Waals surface area (Å²) in [5, 5.41) is 17.8. The van der Waals surface area contributed by atoms with Crippen LogP contribution in [0.3, 0.4) is 0 Å². The molecule has 0 spiro atoms. The van der Waals surface area contributed by atoms with Crippen molar-refractivity contribution in [3.05, 3.63) is 0 Å². The van der Waals surface area contributed by atoms with E-state index in [4.69, 9.17) is 19.8 Å². The van der Waals surface area contributed by atoms with Gasteiger partial charge in [0, 0.05) is 28.7 Å². The summed E-state index contributed by atoms with van der Waals surface area (Å²) in [6.45, 7) is 1.94. The van der Waals surface area contributed by atoms with Crippen LogP contribution in [-0.2, 0) is 42.9 Å². The molecule has 0 aliphatic rings. The Bertz CT molecular complexity index is 75.3. The van der Waals surface area contributed by atoms with Crippen LogP contribution < -0.4 is 10.2 Å². The summed E-state index contributed by atoms with van der Waals surface area (Å²) in [6, 6.07) is 0. The van der Waals surface area contributed by atoms with E-state index in [0.29, 0.717) is 0 Å². The SMILES string of the molecule is CC(=O)[O-].CC(=O)[O-].[Co].[Ni+2]. The Balaban J connectivity index is -0.0000000300. The van der Waals surface area contributed by atoms with E-state index < -0.39 is 11.9 Å². The van der Waals surface area contributed by atoms with Gasteiger partial charge in [-0.25, -0.2) is 0 Å². The molecular weight excluding hydrogens is 230 g/mol. The minimum Gasteiger partial charge on any atom is -0.550 e. The Kier molecular flexibility index (Phi) is 36.0. The first-order chi connectivity index (χ1) is 3.46. The quantitative estimate of drug-likeness (QED) is 0.435. The molecule has 0 aromatic carbocycles. The predicted octanol–water partition coefficient (Wildman–Crippen LogP) is -2.49. The van der Waals surface area contributed by atoms with Crippen molar-refractivity contribution in [2.75, 3.05) is 0 Å². The summed E-state index contributed by atoms with van der Waals surface area (Å²) in [6.07, 6.45) is 0. The van der Waals surface area contributed by atoms with Crippen molar-refractivity contribution >= 4 is 11.9 Å². The van der Waals surface area contributed by atoms with Crippen molar-refractivity contribution in [1.29, 1.82) is 0 Å². The number of carbonyl (C=O) groups is 2. The van der Waals surface area contributed by atoms with E-state index in [1.165, 1.54) is 0 Å². The molecule has 0 unspecified atom stereocenters. The molecule has 0 aromatic heterocycles. The second-order valence-corrected chi connectivity index (χ2v) is 0.983. The van der Waals surface area contributed by atoms with Crippen molar-refractivity contribution in [2.24, 2.45) is 0 Å². The van der Waals surface area contributed by atoms with Gasteiger partial charge in [-0.05, 0) is 13.8 Å². The van der Waals surface area contributed by atoms with Gasteiger partial charge in [0.25, 0.3) is 0 Å². The van der Waals surface area contributed by atoms with Gasteiger partial charge in [0.1, 0.15) is 0 Å². The fourth-order valence-electron chi connectivity index (χ4n) is 0. The van der Waals surface area contributed by atoms with Crippen LogP contribution in [0.1, 0.15) is 13.8 Å². The minimum absolute atomic E-state index is 0. The van der Waals surface area contributed by atoms with E-state index in [-0.39, 0.29) is 33.3 Å². The van der Waals surface area contributed by atoms with E-state index in [1.54, 1.807) is 0 Å². The topological polar surface area (TPSA) is 80.3 Å². The van der Waals surface area contributed by atoms with E-state index in [9.17, 15) is 0 Å². The molecule has 0 amide bonds. The normalized spacial score (nSPS) is 5.00. The van der Waals surface area contributed by atoms with Crippen LogP contribution in [-0.4, -0.2) is 11.9 Å². The maximum atomic E-state index is 8.89. The van der Waals surface area contributed by atoms with Gasteiger partial charge in [0.2, 0.25) is 0 Å². The molecule has 0 aromatic rings. The summed E-state index contributed by atoms with van der Waals surface area (Å²) in [5.74, 6) is -2.17. The number of carboxylic acids is 2. The van der Waals surface area contributed by atoms with Gasteiger partial charge in [-0.1, -0.05) is 0 Å². The zero-order valence-corrected chi connectivity index (χ0v) is 7.31. The van der Waals surface area contributed by atoms with E-state index >= 15 is 0 Å². The van der Waals surface area contributed by atoms with Gasteiger partial charge in [-0.2, -0.15) is 0 Å². The first-order valence-corrected chi connectivity index (χ1v) is 1.82. The van der Waals surface area contributed by atoms with Crippen LogP contribution in [0, 0.1) is 0 Å². The summed E-state index contributed by atoms with van der Waals surface area (Å²) >= 11 is 0. The molecule has 4 nitrogen and oxygen atoms in total. The molecule has 65 valence electrons. The fourth-order valence-corrected chi connectivity index (χ4v) is 0. The molecule has 10 heavy (non-hydrogen) atoms. The van der Waals surface area contributed by atoms with Gasteiger partial charge in [-0.15, -0.1) is 0 Å². The molecular formula is C4H6CoNiO4. The molecule has 0 fully saturated rings. The number of carbonyl (C=O) groups excluding carboxylic acids is 2. The maximum Gasteiger partial charge on any atom is 2.00 e. The molecule has 0 heterocycles. The third-order valence-corrected chi connectivity index (χ3v) is 0. The third-order valence-electron chi connectivity index (χ3n) is 0. The molecule has 0 atom stereocenters. The van der Waals surface area contributed by atoms with Crippen LogP contribution in [0.2, 0.25) is 0 Å². The van der Waals surface area contributed by atoms with Crippen LogP contribution in [0.15, 0.2) is 0 Å². The molecule has 0 bridgehead atoms. The Labute approximate surface area is 79.1 Å². The van der Waals surface area contributed by atoms with E-state index in [0.717, 1.165) is 13.8 Å². The summed E-state index contributed by atoms with van der Waals surface area (Å²) in [4.78, 5) is 17.8. The smallest absolute Gasteiger partial charge is 0.550 e. The summed E-state index contributed by atoms with van der Waals surface area (Å²) in [7, 11) is 0. The number of carboxylic acid groups (broad SMARTS) is 2. The Morgan fingerprint density at radius 1 is 1.00 bits per heavy atom. The average molecular weight is 236 g/mol. The van der Waals surface area contributed by atoms with Gasteiger partial charge < -0.3 is 19.8 Å². The van der Waals surface area contributed by atoms with Gasteiger partial charge in [0.05, 0.1) is 0 Å². The summed E-state index contributed by atoms with van der Waals surface area (Å²) < 4.78 is 0. The molecule has 0 aliphatic carbocycles. The molecule has 0 N–H and O–H groups in total. The first kappa shape index (κ1) is 22.5. The Hall–Kier alpha value is -0.0600. The zero-order valence-electron chi connectivity index (χ0n) is 5.28. The number of hydrogen-bond donors (Lipinski definition) is 0. The molecule has 0 aliphatic heterocycles. The monoisotopic (exact) mass is 235 g/mol. The van der Waals surface area contributed by atoms with Crippen LogP contribution in [0.25, 0.3) is 0 Å². The molecule has 0 saturated heterocycles. The maximum absolute atomic E-state index is 8.89. The van der Waals surface area contributed by atoms with Crippen molar-refractivity contribution in [3.63, 3.8) is 0 Å². The Morgan fingerprint density at radius 2 is 1.00 bits per heavy atom. The molecule has 6 heteroatoms. The Morgan fingerprint density at radius 3 is 1.00 bits per heavy atom. The summed E-state index contributed by atoms with van der Waals surface area (Å²) in [5.41, 5.74) is 0. The van der Waals surface area contributed by atoms with Gasteiger partial charge >= 0.3 is 16.5 Å². The minimum atomic E-state index is -1.08.